The lowest BCUT2D eigenvalue weighted by Crippen LogP contribution is -2.18. The first-order valence-corrected chi connectivity index (χ1v) is 11.0. The average Bonchev–Trinajstić information content (AvgIpc) is 2.79. The number of rotatable bonds is 8. The molecule has 0 radical (unpaired) electrons. The van der Waals surface area contributed by atoms with Crippen molar-refractivity contribution in [2.24, 2.45) is 5.10 Å². The molecule has 3 rings (SSSR count). The summed E-state index contributed by atoms with van der Waals surface area (Å²) in [5.41, 5.74) is 3.78. The van der Waals surface area contributed by atoms with Gasteiger partial charge in [0.15, 0.2) is 11.5 Å². The number of fused-ring (bicyclic) bond motifs is 1. The number of hydrogen-bond donors (Lipinski definition) is 1. The Kier molecular flexibility index (Phi) is 7.73. The molecule has 0 heterocycles. The van der Waals surface area contributed by atoms with Crippen LogP contribution < -0.4 is 19.6 Å². The normalized spacial score (nSPS) is 12.0. The number of methoxy groups -OCH3 is 2. The number of carbonyl (C=O) groups excluding carboxylic acids is 1. The highest BCUT2D eigenvalue weighted by molar-refractivity contribution is 14.1. The molecule has 1 N–H and O–H groups in total. The third-order valence-electron chi connectivity index (χ3n) is 4.84. The highest BCUT2D eigenvalue weighted by Crippen LogP contribution is 2.34. The summed E-state index contributed by atoms with van der Waals surface area (Å²) < 4.78 is 17.8. The molecule has 0 saturated carbocycles. The molecule has 7 heteroatoms. The highest BCUT2D eigenvalue weighted by atomic mass is 127. The van der Waals surface area contributed by atoms with Crippen LogP contribution in [0.25, 0.3) is 10.8 Å². The molecule has 0 bridgehead atoms. The average molecular weight is 532 g/mol. The summed E-state index contributed by atoms with van der Waals surface area (Å²) in [6.07, 6.45) is 2.55. The molecule has 3 aromatic carbocycles. The number of benzene rings is 3. The number of hydrogen-bond acceptors (Lipinski definition) is 5. The van der Waals surface area contributed by atoms with Gasteiger partial charge in [0.05, 0.1) is 35.7 Å². The molecule has 162 valence electrons. The Morgan fingerprint density at radius 3 is 2.42 bits per heavy atom. The Morgan fingerprint density at radius 2 is 1.77 bits per heavy atom. The van der Waals surface area contributed by atoms with Gasteiger partial charge < -0.3 is 14.2 Å². The van der Waals surface area contributed by atoms with Gasteiger partial charge in [0.1, 0.15) is 5.75 Å². The molecular weight excluding hydrogens is 507 g/mol. The van der Waals surface area contributed by atoms with Crippen molar-refractivity contribution in [3.05, 3.63) is 63.2 Å². The number of hydrazone groups is 1. The summed E-state index contributed by atoms with van der Waals surface area (Å²) in [6, 6.07) is 15.2. The Hall–Kier alpha value is -2.81. The van der Waals surface area contributed by atoms with Crippen LogP contribution in [-0.4, -0.2) is 32.4 Å². The van der Waals surface area contributed by atoms with Gasteiger partial charge in [0.2, 0.25) is 0 Å². The predicted octanol–water partition coefficient (Wildman–Crippen LogP) is 5.40. The van der Waals surface area contributed by atoms with E-state index in [1.807, 2.05) is 49.4 Å². The quantitative estimate of drug-likeness (QED) is 0.240. The Labute approximate surface area is 195 Å². The van der Waals surface area contributed by atoms with E-state index in [-0.39, 0.29) is 12.0 Å². The van der Waals surface area contributed by atoms with Gasteiger partial charge in [-0.3, -0.25) is 4.79 Å². The lowest BCUT2D eigenvalue weighted by Gasteiger charge is -2.17. The molecule has 0 aliphatic carbocycles. The van der Waals surface area contributed by atoms with E-state index in [9.17, 15) is 4.79 Å². The van der Waals surface area contributed by atoms with Gasteiger partial charge in [-0.2, -0.15) is 5.10 Å². The molecule has 3 aromatic rings. The van der Waals surface area contributed by atoms with Crippen LogP contribution >= 0.6 is 22.6 Å². The van der Waals surface area contributed by atoms with Crippen LogP contribution in [0.2, 0.25) is 0 Å². The minimum Gasteiger partial charge on any atom is -0.496 e. The first-order chi connectivity index (χ1) is 15.0. The summed E-state index contributed by atoms with van der Waals surface area (Å²) >= 11 is 2.21. The zero-order valence-corrected chi connectivity index (χ0v) is 20.1. The highest BCUT2D eigenvalue weighted by Gasteiger charge is 2.15. The van der Waals surface area contributed by atoms with Gasteiger partial charge in [-0.25, -0.2) is 5.43 Å². The van der Waals surface area contributed by atoms with Crippen LogP contribution in [0, 0.1) is 3.57 Å². The van der Waals surface area contributed by atoms with Crippen molar-refractivity contribution in [1.29, 1.82) is 0 Å². The maximum absolute atomic E-state index is 12.7. The fourth-order valence-electron chi connectivity index (χ4n) is 3.00. The zero-order valence-electron chi connectivity index (χ0n) is 17.9. The van der Waals surface area contributed by atoms with Crippen molar-refractivity contribution in [3.63, 3.8) is 0 Å². The molecule has 0 aliphatic rings. The molecule has 0 aromatic heterocycles. The van der Waals surface area contributed by atoms with E-state index in [2.05, 4.69) is 40.0 Å². The summed E-state index contributed by atoms with van der Waals surface area (Å²) in [5.74, 6) is 1.47. The van der Waals surface area contributed by atoms with Crippen molar-refractivity contribution >= 4 is 45.5 Å². The summed E-state index contributed by atoms with van der Waals surface area (Å²) in [6.45, 7) is 4.08. The van der Waals surface area contributed by atoms with Crippen molar-refractivity contribution in [2.75, 3.05) is 14.2 Å². The molecule has 0 unspecified atom stereocenters. The first kappa shape index (κ1) is 22.9. The molecule has 31 heavy (non-hydrogen) atoms. The fraction of sp³-hybridized carbons (Fsp3) is 0.250. The van der Waals surface area contributed by atoms with Crippen molar-refractivity contribution in [3.8, 4) is 17.2 Å². The first-order valence-electron chi connectivity index (χ1n) is 9.91. The van der Waals surface area contributed by atoms with Gasteiger partial charge in [0, 0.05) is 0 Å². The SMILES string of the molecule is CC[C@@H](C)Oc1c(I)cc(/C=N\NC(=O)c2cc3ccccc3cc2OC)cc1OC. The molecule has 1 atom stereocenters. The van der Waals surface area contributed by atoms with Crippen LogP contribution in [0.5, 0.6) is 17.2 Å². The van der Waals surface area contributed by atoms with Crippen LogP contribution in [0.1, 0.15) is 36.2 Å². The molecule has 0 fully saturated rings. The second kappa shape index (κ2) is 10.5. The lowest BCUT2D eigenvalue weighted by atomic mass is 10.1. The Balaban J connectivity index is 1.79. The van der Waals surface area contributed by atoms with Crippen molar-refractivity contribution < 1.29 is 19.0 Å². The lowest BCUT2D eigenvalue weighted by molar-refractivity contribution is 0.0952. The summed E-state index contributed by atoms with van der Waals surface area (Å²) in [5, 5.41) is 6.07. The number of carbonyl (C=O) groups is 1. The van der Waals surface area contributed by atoms with E-state index in [1.54, 1.807) is 26.5 Å². The van der Waals surface area contributed by atoms with Crippen LogP contribution in [0.15, 0.2) is 53.6 Å². The third-order valence-corrected chi connectivity index (χ3v) is 5.64. The summed E-state index contributed by atoms with van der Waals surface area (Å²) in [7, 11) is 3.14. The van der Waals surface area contributed by atoms with Gasteiger partial charge in [-0.1, -0.05) is 31.2 Å². The molecular formula is C24H25IN2O4. The predicted molar refractivity (Wildman–Crippen MR) is 132 cm³/mol. The fourth-order valence-corrected chi connectivity index (χ4v) is 3.76. The minimum atomic E-state index is -0.350. The Morgan fingerprint density at radius 1 is 1.10 bits per heavy atom. The van der Waals surface area contributed by atoms with Gasteiger partial charge >= 0.3 is 0 Å². The Bertz CT molecular complexity index is 1110. The molecule has 0 saturated heterocycles. The van der Waals surface area contributed by atoms with E-state index in [0.717, 1.165) is 26.3 Å². The maximum Gasteiger partial charge on any atom is 0.275 e. The number of ether oxygens (including phenoxy) is 3. The summed E-state index contributed by atoms with van der Waals surface area (Å²) in [4.78, 5) is 12.7. The second-order valence-electron chi connectivity index (χ2n) is 6.97. The zero-order chi connectivity index (χ0) is 22.4. The van der Waals surface area contributed by atoms with Crippen LogP contribution in [-0.2, 0) is 0 Å². The van der Waals surface area contributed by atoms with Crippen molar-refractivity contribution in [2.45, 2.75) is 26.4 Å². The topological polar surface area (TPSA) is 69.2 Å². The van der Waals surface area contributed by atoms with E-state index >= 15 is 0 Å². The molecule has 0 aliphatic heterocycles. The van der Waals surface area contributed by atoms with E-state index in [4.69, 9.17) is 14.2 Å². The van der Waals surface area contributed by atoms with E-state index < -0.39 is 0 Å². The number of nitrogens with zero attached hydrogens (tertiary/aromatic N) is 1. The van der Waals surface area contributed by atoms with Crippen LogP contribution in [0.3, 0.4) is 0 Å². The van der Waals surface area contributed by atoms with E-state index in [0.29, 0.717) is 22.8 Å². The van der Waals surface area contributed by atoms with E-state index in [1.165, 1.54) is 0 Å². The molecule has 0 spiro atoms. The number of nitrogens with one attached hydrogen (secondary N) is 1. The largest absolute Gasteiger partial charge is 0.496 e. The van der Waals surface area contributed by atoms with Crippen LogP contribution in [0.4, 0.5) is 0 Å². The number of halogens is 1. The van der Waals surface area contributed by atoms with Gasteiger partial charge in [0.25, 0.3) is 5.91 Å². The number of amides is 1. The molecule has 6 nitrogen and oxygen atoms in total. The monoisotopic (exact) mass is 532 g/mol. The second-order valence-corrected chi connectivity index (χ2v) is 8.13. The van der Waals surface area contributed by atoms with Gasteiger partial charge in [-0.05, 0) is 76.5 Å². The smallest absolute Gasteiger partial charge is 0.275 e. The van der Waals surface area contributed by atoms with Gasteiger partial charge in [-0.15, -0.1) is 0 Å². The standard InChI is InChI=1S/C24H25IN2O4/c1-5-15(2)31-23-20(25)10-16(11-22(23)30-4)14-26-27-24(28)19-12-17-8-6-7-9-18(17)13-21(19)29-3/h6-15H,5H2,1-4H3,(H,27,28)/b26-14-/t15-/m1/s1. The maximum atomic E-state index is 12.7. The molecule has 1 amide bonds. The minimum absolute atomic E-state index is 0.0816. The van der Waals surface area contributed by atoms with Crippen molar-refractivity contribution in [1.82, 2.24) is 5.43 Å². The third kappa shape index (κ3) is 5.46.